The highest BCUT2D eigenvalue weighted by molar-refractivity contribution is 6.50. The summed E-state index contributed by atoms with van der Waals surface area (Å²) in [6.45, 7) is 2.03. The van der Waals surface area contributed by atoms with Gasteiger partial charge in [0.1, 0.15) is 0 Å². The van der Waals surface area contributed by atoms with Gasteiger partial charge in [-0.25, -0.2) is 0 Å². The SMILES string of the molecule is Cc1[c]cccc1.F[B-](F)(F)F. The minimum Gasteiger partial charge on any atom is -0.418 e. The number of rotatable bonds is 0. The molecule has 0 aliphatic heterocycles. The Morgan fingerprint density at radius 2 is 1.67 bits per heavy atom. The van der Waals surface area contributed by atoms with Crippen LogP contribution in [-0.4, -0.2) is 7.25 Å². The summed E-state index contributed by atoms with van der Waals surface area (Å²) in [6.07, 6.45) is 0. The zero-order chi connectivity index (χ0) is 9.61. The second-order valence-corrected chi connectivity index (χ2v) is 2.04. The third kappa shape index (κ3) is 11.8. The van der Waals surface area contributed by atoms with Crippen LogP contribution >= 0.6 is 0 Å². The maximum absolute atomic E-state index is 9.75. The molecule has 0 aliphatic carbocycles. The molecular formula is C7H7BF4-. The van der Waals surface area contributed by atoms with E-state index < -0.39 is 7.25 Å². The van der Waals surface area contributed by atoms with E-state index in [1.54, 1.807) is 0 Å². The molecule has 1 rings (SSSR count). The first kappa shape index (κ1) is 11.0. The van der Waals surface area contributed by atoms with E-state index >= 15 is 0 Å². The molecule has 0 N–H and O–H groups in total. The van der Waals surface area contributed by atoms with Gasteiger partial charge in [-0.3, -0.25) is 0 Å². The smallest absolute Gasteiger partial charge is 0.418 e. The molecule has 0 nitrogen and oxygen atoms in total. The third-order valence-electron chi connectivity index (χ3n) is 0.865. The van der Waals surface area contributed by atoms with Crippen LogP contribution in [0, 0.1) is 13.0 Å². The highest BCUT2D eigenvalue weighted by atomic mass is 19.5. The van der Waals surface area contributed by atoms with Crippen molar-refractivity contribution in [3.8, 4) is 0 Å². The fourth-order valence-corrected chi connectivity index (χ4v) is 0.483. The van der Waals surface area contributed by atoms with Crippen LogP contribution in [0.15, 0.2) is 24.3 Å². The van der Waals surface area contributed by atoms with Crippen molar-refractivity contribution < 1.29 is 17.3 Å². The summed E-state index contributed by atoms with van der Waals surface area (Å²) in [5.41, 5.74) is 1.20. The Bertz CT molecular complexity index is 200. The first-order chi connectivity index (χ1) is 5.39. The maximum Gasteiger partial charge on any atom is 0.673 e. The van der Waals surface area contributed by atoms with Crippen LogP contribution in [0.4, 0.5) is 17.3 Å². The monoisotopic (exact) mass is 178 g/mol. The van der Waals surface area contributed by atoms with Crippen LogP contribution in [-0.2, 0) is 0 Å². The predicted molar refractivity (Wildman–Crippen MR) is 40.2 cm³/mol. The van der Waals surface area contributed by atoms with E-state index in [-0.39, 0.29) is 0 Å². The normalized spacial score (nSPS) is 10.1. The summed E-state index contributed by atoms with van der Waals surface area (Å²) in [5.74, 6) is 0. The van der Waals surface area contributed by atoms with Crippen molar-refractivity contribution in [3.63, 3.8) is 0 Å². The number of hydrogen-bond donors (Lipinski definition) is 0. The second kappa shape index (κ2) is 4.80. The Balaban J connectivity index is 0.000000217. The Morgan fingerprint density at radius 1 is 1.17 bits per heavy atom. The van der Waals surface area contributed by atoms with Crippen LogP contribution in [0.1, 0.15) is 5.56 Å². The fraction of sp³-hybridized carbons (Fsp3) is 0.143. The largest absolute Gasteiger partial charge is 0.673 e. The highest BCUT2D eigenvalue weighted by Crippen LogP contribution is 2.06. The van der Waals surface area contributed by atoms with Crippen LogP contribution in [0.5, 0.6) is 0 Å². The van der Waals surface area contributed by atoms with Crippen molar-refractivity contribution in [2.75, 3.05) is 0 Å². The van der Waals surface area contributed by atoms with Crippen LogP contribution in [0.25, 0.3) is 0 Å². The molecule has 0 heterocycles. The predicted octanol–water partition coefficient (Wildman–Crippen LogP) is 3.10. The Kier molecular flexibility index (Phi) is 4.40. The molecule has 5 heteroatoms. The molecule has 1 aromatic rings. The Labute approximate surface area is 68.3 Å². The molecule has 0 unspecified atom stereocenters. The van der Waals surface area contributed by atoms with Gasteiger partial charge in [-0.2, -0.15) is 0 Å². The van der Waals surface area contributed by atoms with Gasteiger partial charge < -0.3 is 17.3 Å². The van der Waals surface area contributed by atoms with Gasteiger partial charge in [0.05, 0.1) is 0 Å². The van der Waals surface area contributed by atoms with Crippen molar-refractivity contribution >= 4 is 7.25 Å². The zero-order valence-electron chi connectivity index (χ0n) is 6.40. The van der Waals surface area contributed by atoms with Gasteiger partial charge >= 0.3 is 7.25 Å². The Hall–Kier alpha value is -0.995. The average Bonchev–Trinajstić information content (AvgIpc) is 1.85. The molecule has 1 radical (unpaired) electrons. The van der Waals surface area contributed by atoms with Crippen LogP contribution in [0.3, 0.4) is 0 Å². The summed E-state index contributed by atoms with van der Waals surface area (Å²) in [7, 11) is -6.00. The minimum absolute atomic E-state index is 1.20. The lowest BCUT2D eigenvalue weighted by atomic mass is 10.2. The summed E-state index contributed by atoms with van der Waals surface area (Å²) < 4.78 is 39.0. The first-order valence-electron chi connectivity index (χ1n) is 3.20. The molecule has 0 atom stereocenters. The van der Waals surface area contributed by atoms with Crippen LogP contribution < -0.4 is 0 Å². The number of hydrogen-bond acceptors (Lipinski definition) is 0. The molecule has 12 heavy (non-hydrogen) atoms. The average molecular weight is 178 g/mol. The molecule has 1 aromatic carbocycles. The van der Waals surface area contributed by atoms with Crippen molar-refractivity contribution in [1.29, 1.82) is 0 Å². The highest BCUT2D eigenvalue weighted by Gasteiger charge is 2.20. The summed E-state index contributed by atoms with van der Waals surface area (Å²) in [4.78, 5) is 0. The lowest BCUT2D eigenvalue weighted by Crippen LogP contribution is -2.02. The molecule has 0 saturated heterocycles. The van der Waals surface area contributed by atoms with Crippen molar-refractivity contribution in [2.45, 2.75) is 6.92 Å². The molecule has 0 aliphatic rings. The number of aryl methyl sites for hydroxylation is 1. The zero-order valence-corrected chi connectivity index (χ0v) is 6.40. The lowest BCUT2D eigenvalue weighted by Gasteiger charge is -1.94. The molecular weight excluding hydrogens is 171 g/mol. The summed E-state index contributed by atoms with van der Waals surface area (Å²) in [6, 6.07) is 10.9. The van der Waals surface area contributed by atoms with E-state index in [1.165, 1.54) is 5.56 Å². The molecule has 0 saturated carbocycles. The van der Waals surface area contributed by atoms with E-state index in [0.29, 0.717) is 0 Å². The van der Waals surface area contributed by atoms with Crippen LogP contribution in [0.2, 0.25) is 0 Å². The van der Waals surface area contributed by atoms with E-state index in [2.05, 4.69) is 6.07 Å². The molecule has 0 fully saturated rings. The lowest BCUT2D eigenvalue weighted by molar-refractivity contribution is 0.368. The molecule has 67 valence electrons. The van der Waals surface area contributed by atoms with Gasteiger partial charge in [-0.15, -0.1) is 0 Å². The fourth-order valence-electron chi connectivity index (χ4n) is 0.483. The van der Waals surface area contributed by atoms with Crippen molar-refractivity contribution in [2.24, 2.45) is 0 Å². The van der Waals surface area contributed by atoms with Crippen molar-refractivity contribution in [1.82, 2.24) is 0 Å². The quantitative estimate of drug-likeness (QED) is 0.422. The van der Waals surface area contributed by atoms with Gasteiger partial charge in [0.2, 0.25) is 0 Å². The topological polar surface area (TPSA) is 0 Å². The standard InChI is InChI=1S/C7H7.BF4/c1-7-5-3-2-4-6-7;2-1(3,4)5/h2-5H,1H3;/q;-1. The number of halogens is 4. The summed E-state index contributed by atoms with van der Waals surface area (Å²) in [5, 5.41) is 0. The minimum atomic E-state index is -6.00. The van der Waals surface area contributed by atoms with Gasteiger partial charge in [0.25, 0.3) is 0 Å². The van der Waals surface area contributed by atoms with Gasteiger partial charge in [-0.05, 0) is 18.6 Å². The molecule has 0 spiro atoms. The Morgan fingerprint density at radius 3 is 1.83 bits per heavy atom. The van der Waals surface area contributed by atoms with Gasteiger partial charge in [0.15, 0.2) is 0 Å². The maximum atomic E-state index is 9.75. The second-order valence-electron chi connectivity index (χ2n) is 2.04. The van der Waals surface area contributed by atoms with E-state index in [0.717, 1.165) is 0 Å². The number of benzene rings is 1. The summed E-state index contributed by atoms with van der Waals surface area (Å²) >= 11 is 0. The third-order valence-corrected chi connectivity index (χ3v) is 0.865. The van der Waals surface area contributed by atoms with Crippen molar-refractivity contribution in [3.05, 3.63) is 35.9 Å². The van der Waals surface area contributed by atoms with E-state index in [9.17, 15) is 17.3 Å². The van der Waals surface area contributed by atoms with Gasteiger partial charge in [-0.1, -0.05) is 24.3 Å². The van der Waals surface area contributed by atoms with E-state index in [4.69, 9.17) is 0 Å². The first-order valence-corrected chi connectivity index (χ1v) is 3.20. The molecule has 0 amide bonds. The van der Waals surface area contributed by atoms with E-state index in [1.807, 2.05) is 31.2 Å². The molecule has 0 aromatic heterocycles. The van der Waals surface area contributed by atoms with Gasteiger partial charge in [0, 0.05) is 0 Å². The molecule has 0 bridgehead atoms.